The number of pyridine rings is 1. The average molecular weight is 484 g/mol. The summed E-state index contributed by atoms with van der Waals surface area (Å²) in [5.74, 6) is 0.781. The number of benzene rings is 2. The fourth-order valence-electron chi connectivity index (χ4n) is 5.91. The van der Waals surface area contributed by atoms with E-state index in [9.17, 15) is 4.79 Å². The number of H-pyrrole nitrogens is 1. The van der Waals surface area contributed by atoms with Gasteiger partial charge in [-0.1, -0.05) is 43.2 Å². The van der Waals surface area contributed by atoms with Crippen molar-refractivity contribution >= 4 is 16.6 Å². The Morgan fingerprint density at radius 2 is 1.72 bits per heavy atom. The van der Waals surface area contributed by atoms with Crippen LogP contribution in [0.1, 0.15) is 60.3 Å². The Hall–Kier alpha value is -3.52. The van der Waals surface area contributed by atoms with Crippen LogP contribution in [0.2, 0.25) is 0 Å². The number of anilines is 1. The van der Waals surface area contributed by atoms with Gasteiger partial charge in [0.2, 0.25) is 0 Å². The van der Waals surface area contributed by atoms with Gasteiger partial charge in [0.25, 0.3) is 5.56 Å². The third-order valence-corrected chi connectivity index (χ3v) is 8.11. The van der Waals surface area contributed by atoms with E-state index in [2.05, 4.69) is 86.6 Å². The largest absolute Gasteiger partial charge is 0.369 e. The van der Waals surface area contributed by atoms with Gasteiger partial charge in [0.15, 0.2) is 5.82 Å². The molecule has 0 spiro atoms. The fraction of sp³-hybridized carbons (Fsp3) is 0.429. The first kappa shape index (κ1) is 22.9. The highest BCUT2D eigenvalue weighted by Gasteiger charge is 2.34. The lowest BCUT2D eigenvalue weighted by atomic mass is 9.99. The molecule has 1 saturated carbocycles. The van der Waals surface area contributed by atoms with E-state index >= 15 is 0 Å². The van der Waals surface area contributed by atoms with Gasteiger partial charge in [-0.25, -0.2) is 4.68 Å². The summed E-state index contributed by atoms with van der Waals surface area (Å²) in [5, 5.41) is 14.1. The summed E-state index contributed by atoms with van der Waals surface area (Å²) >= 11 is 0. The molecule has 186 valence electrons. The van der Waals surface area contributed by atoms with Gasteiger partial charge in [-0.15, -0.1) is 5.10 Å². The topological polar surface area (TPSA) is 82.9 Å². The van der Waals surface area contributed by atoms with E-state index in [1.807, 2.05) is 10.7 Å². The summed E-state index contributed by atoms with van der Waals surface area (Å²) < 4.78 is 2.01. The molecule has 1 N–H and O–H groups in total. The fourth-order valence-corrected chi connectivity index (χ4v) is 5.91. The monoisotopic (exact) mass is 483 g/mol. The standard InChI is InChI=1S/C28H33N7O/c1-19-12-13-21-18-24(28(36)29-25(21)20(19)2)26(27-30-31-32-35(27)23-10-6-7-11-23)34-16-14-33(15-17-34)22-8-4-3-5-9-22/h3-5,8-9,12-13,18,23,26H,6-7,10-11,14-17H2,1-2H3,(H,29,36)/t26-/m1/s1. The van der Waals surface area contributed by atoms with E-state index in [1.165, 1.54) is 24.1 Å². The van der Waals surface area contributed by atoms with Crippen molar-refractivity contribution in [1.82, 2.24) is 30.1 Å². The van der Waals surface area contributed by atoms with E-state index < -0.39 is 0 Å². The molecule has 1 saturated heterocycles. The zero-order valence-corrected chi connectivity index (χ0v) is 21.0. The van der Waals surface area contributed by atoms with Gasteiger partial charge in [0.1, 0.15) is 6.04 Å². The number of hydrogen-bond acceptors (Lipinski definition) is 6. The minimum atomic E-state index is -0.298. The first-order valence-electron chi connectivity index (χ1n) is 13.0. The number of aromatic nitrogens is 5. The Morgan fingerprint density at radius 1 is 0.972 bits per heavy atom. The van der Waals surface area contributed by atoms with Crippen LogP contribution in [0.25, 0.3) is 10.9 Å². The van der Waals surface area contributed by atoms with Crippen LogP contribution in [-0.2, 0) is 0 Å². The maximum absolute atomic E-state index is 13.6. The van der Waals surface area contributed by atoms with Crippen molar-refractivity contribution in [2.75, 3.05) is 31.1 Å². The SMILES string of the molecule is Cc1ccc2cc([C@H](c3nnnn3C3CCCC3)N3CCN(c4ccccc4)CC3)c(=O)[nH]c2c1C. The second-order valence-electron chi connectivity index (χ2n) is 10.2. The number of tetrazole rings is 1. The zero-order chi connectivity index (χ0) is 24.6. The number of rotatable bonds is 5. The van der Waals surface area contributed by atoms with Gasteiger partial charge in [-0.05, 0) is 71.8 Å². The summed E-state index contributed by atoms with van der Waals surface area (Å²) in [6, 6.07) is 16.8. The summed E-state index contributed by atoms with van der Waals surface area (Å²) in [6.07, 6.45) is 4.55. The van der Waals surface area contributed by atoms with E-state index in [0.717, 1.165) is 61.3 Å². The van der Waals surface area contributed by atoms with Crippen molar-refractivity contribution < 1.29 is 0 Å². The quantitative estimate of drug-likeness (QED) is 0.459. The first-order valence-corrected chi connectivity index (χ1v) is 13.0. The van der Waals surface area contributed by atoms with Gasteiger partial charge in [0, 0.05) is 37.4 Å². The summed E-state index contributed by atoms with van der Waals surface area (Å²) in [4.78, 5) is 21.6. The molecule has 2 aromatic heterocycles. The summed E-state index contributed by atoms with van der Waals surface area (Å²) in [7, 11) is 0. The third kappa shape index (κ3) is 4.09. The molecule has 4 aromatic rings. The molecule has 8 nitrogen and oxygen atoms in total. The van der Waals surface area contributed by atoms with Crippen molar-refractivity contribution in [3.63, 3.8) is 0 Å². The molecule has 1 aliphatic carbocycles. The molecule has 0 bridgehead atoms. The van der Waals surface area contributed by atoms with E-state index in [-0.39, 0.29) is 11.6 Å². The molecule has 0 amide bonds. The Kier molecular flexibility index (Phi) is 6.05. The van der Waals surface area contributed by atoms with Crippen molar-refractivity contribution in [1.29, 1.82) is 0 Å². The number of fused-ring (bicyclic) bond motifs is 1. The van der Waals surface area contributed by atoms with Crippen LogP contribution in [0.15, 0.2) is 53.3 Å². The molecule has 8 heteroatoms. The van der Waals surface area contributed by atoms with Crippen molar-refractivity contribution in [2.24, 2.45) is 0 Å². The van der Waals surface area contributed by atoms with Gasteiger partial charge >= 0.3 is 0 Å². The number of aryl methyl sites for hydroxylation is 2. The number of hydrogen-bond donors (Lipinski definition) is 1. The lowest BCUT2D eigenvalue weighted by Gasteiger charge is -2.39. The van der Waals surface area contributed by atoms with E-state index in [4.69, 9.17) is 0 Å². The number of para-hydroxylation sites is 1. The van der Waals surface area contributed by atoms with Crippen molar-refractivity contribution in [3.8, 4) is 0 Å². The molecule has 2 aliphatic rings. The Bertz CT molecular complexity index is 1410. The highest BCUT2D eigenvalue weighted by Crippen LogP contribution is 2.34. The van der Waals surface area contributed by atoms with Crippen LogP contribution in [-0.4, -0.2) is 56.3 Å². The molecule has 36 heavy (non-hydrogen) atoms. The third-order valence-electron chi connectivity index (χ3n) is 8.11. The zero-order valence-electron chi connectivity index (χ0n) is 21.0. The number of nitrogens with one attached hydrogen (secondary N) is 1. The molecular formula is C28H33N7O. The van der Waals surface area contributed by atoms with Gasteiger partial charge in [-0.2, -0.15) is 0 Å². The Morgan fingerprint density at radius 3 is 2.47 bits per heavy atom. The van der Waals surface area contributed by atoms with Gasteiger partial charge < -0.3 is 9.88 Å². The summed E-state index contributed by atoms with van der Waals surface area (Å²) in [6.45, 7) is 7.55. The molecule has 0 unspecified atom stereocenters. The highest BCUT2D eigenvalue weighted by atomic mass is 16.1. The van der Waals surface area contributed by atoms with Crippen molar-refractivity contribution in [2.45, 2.75) is 51.6 Å². The van der Waals surface area contributed by atoms with Crippen LogP contribution >= 0.6 is 0 Å². The predicted octanol–water partition coefficient (Wildman–Crippen LogP) is 4.16. The molecule has 2 aromatic carbocycles. The minimum absolute atomic E-state index is 0.0624. The smallest absolute Gasteiger partial charge is 0.253 e. The number of nitrogens with zero attached hydrogens (tertiary/aromatic N) is 6. The predicted molar refractivity (Wildman–Crippen MR) is 141 cm³/mol. The Balaban J connectivity index is 1.41. The number of piperazine rings is 1. The van der Waals surface area contributed by atoms with E-state index in [0.29, 0.717) is 11.6 Å². The minimum Gasteiger partial charge on any atom is -0.369 e. The van der Waals surface area contributed by atoms with Crippen LogP contribution in [0, 0.1) is 13.8 Å². The van der Waals surface area contributed by atoms with E-state index in [1.54, 1.807) is 0 Å². The van der Waals surface area contributed by atoms with Gasteiger partial charge in [0.05, 0.1) is 11.6 Å². The molecular weight excluding hydrogens is 450 g/mol. The second-order valence-corrected chi connectivity index (χ2v) is 10.2. The highest BCUT2D eigenvalue weighted by molar-refractivity contribution is 5.83. The Labute approximate surface area is 210 Å². The summed E-state index contributed by atoms with van der Waals surface area (Å²) in [5.41, 5.74) is 5.08. The van der Waals surface area contributed by atoms with Crippen LogP contribution in [0.3, 0.4) is 0 Å². The molecule has 0 radical (unpaired) electrons. The number of aromatic amines is 1. The van der Waals surface area contributed by atoms with Crippen LogP contribution < -0.4 is 10.5 Å². The maximum atomic E-state index is 13.6. The van der Waals surface area contributed by atoms with Gasteiger partial charge in [-0.3, -0.25) is 9.69 Å². The van der Waals surface area contributed by atoms with Crippen LogP contribution in [0.4, 0.5) is 5.69 Å². The lowest BCUT2D eigenvalue weighted by molar-refractivity contribution is 0.197. The molecule has 1 aliphatic heterocycles. The van der Waals surface area contributed by atoms with Crippen molar-refractivity contribution in [3.05, 3.63) is 81.4 Å². The maximum Gasteiger partial charge on any atom is 0.253 e. The molecule has 2 fully saturated rings. The van der Waals surface area contributed by atoms with Crippen LogP contribution in [0.5, 0.6) is 0 Å². The molecule has 1 atom stereocenters. The average Bonchev–Trinajstić information content (AvgIpc) is 3.61. The normalized spacial score (nSPS) is 18.2. The molecule has 3 heterocycles. The lowest BCUT2D eigenvalue weighted by Crippen LogP contribution is -2.49. The first-order chi connectivity index (χ1) is 17.6. The molecule has 6 rings (SSSR count). The second kappa shape index (κ2) is 9.50.